The highest BCUT2D eigenvalue weighted by atomic mass is 16.5. The average molecular weight is 446 g/mol. The zero-order valence-electron chi connectivity index (χ0n) is 19.9. The van der Waals surface area contributed by atoms with Gasteiger partial charge in [-0.2, -0.15) is 0 Å². The molecule has 33 heavy (non-hydrogen) atoms. The number of amides is 2. The van der Waals surface area contributed by atoms with Crippen molar-refractivity contribution in [3.05, 3.63) is 65.4 Å². The van der Waals surface area contributed by atoms with Crippen LogP contribution in [-0.4, -0.2) is 36.0 Å². The molecular weight excluding hydrogens is 414 g/mol. The van der Waals surface area contributed by atoms with Gasteiger partial charge >= 0.3 is 0 Å². The number of rotatable bonds is 5. The first-order valence-corrected chi connectivity index (χ1v) is 11.5. The molecule has 3 aromatic rings. The molecule has 4 rings (SSSR count). The number of pyridine rings is 1. The molecule has 0 radical (unpaired) electrons. The van der Waals surface area contributed by atoms with Gasteiger partial charge in [0, 0.05) is 23.2 Å². The Morgan fingerprint density at radius 3 is 2.70 bits per heavy atom. The molecule has 6 nitrogen and oxygen atoms in total. The molecule has 1 N–H and O–H groups in total. The molecule has 1 aliphatic rings. The lowest BCUT2D eigenvalue weighted by Gasteiger charge is -2.39. The number of anilines is 1. The summed E-state index contributed by atoms with van der Waals surface area (Å²) in [5.41, 5.74) is 3.73. The smallest absolute Gasteiger partial charge is 0.260 e. The average Bonchev–Trinajstić information content (AvgIpc) is 2.82. The number of hydrogen-bond acceptors (Lipinski definition) is 4. The quantitative estimate of drug-likeness (QED) is 0.601. The van der Waals surface area contributed by atoms with E-state index in [1.165, 1.54) is 0 Å². The fraction of sp³-hybridized carbons (Fsp3) is 0.370. The van der Waals surface area contributed by atoms with Crippen LogP contribution in [0, 0.1) is 6.92 Å². The van der Waals surface area contributed by atoms with Gasteiger partial charge in [0.15, 0.2) is 0 Å². The van der Waals surface area contributed by atoms with Crippen LogP contribution in [0.25, 0.3) is 10.9 Å². The molecule has 0 spiro atoms. The van der Waals surface area contributed by atoms with Crippen molar-refractivity contribution >= 4 is 28.4 Å². The van der Waals surface area contributed by atoms with E-state index in [4.69, 9.17) is 4.74 Å². The van der Waals surface area contributed by atoms with Gasteiger partial charge in [-0.1, -0.05) is 25.1 Å². The Balaban J connectivity index is 1.74. The number of methoxy groups -OCH3 is 1. The second kappa shape index (κ2) is 9.22. The van der Waals surface area contributed by atoms with Crippen LogP contribution in [-0.2, 0) is 4.79 Å². The summed E-state index contributed by atoms with van der Waals surface area (Å²) in [4.78, 5) is 33.4. The summed E-state index contributed by atoms with van der Waals surface area (Å²) < 4.78 is 5.34. The summed E-state index contributed by atoms with van der Waals surface area (Å²) in [6, 6.07) is 15.2. The van der Waals surface area contributed by atoms with E-state index in [1.54, 1.807) is 7.11 Å². The van der Waals surface area contributed by atoms with Gasteiger partial charge in [0.05, 0.1) is 29.8 Å². The number of benzene rings is 2. The SMILES string of the molecule is CCC(C)NC(=O)C1CC(C)N(C(=O)c2cc3cc(OC)ccc3nc2C)c2ccccc21. The van der Waals surface area contributed by atoms with Crippen LogP contribution < -0.4 is 15.0 Å². The highest BCUT2D eigenvalue weighted by Gasteiger charge is 2.37. The van der Waals surface area contributed by atoms with Gasteiger partial charge in [-0.3, -0.25) is 14.6 Å². The lowest BCUT2D eigenvalue weighted by molar-refractivity contribution is -0.123. The van der Waals surface area contributed by atoms with Crippen molar-refractivity contribution in [3.8, 4) is 5.75 Å². The maximum atomic E-state index is 13.8. The third-order valence-electron chi connectivity index (χ3n) is 6.57. The molecule has 0 saturated carbocycles. The van der Waals surface area contributed by atoms with Crippen LogP contribution >= 0.6 is 0 Å². The molecule has 2 aromatic carbocycles. The number of carbonyl (C=O) groups excluding carboxylic acids is 2. The van der Waals surface area contributed by atoms with E-state index >= 15 is 0 Å². The summed E-state index contributed by atoms with van der Waals surface area (Å²) in [5, 5.41) is 3.97. The summed E-state index contributed by atoms with van der Waals surface area (Å²) >= 11 is 0. The molecule has 6 heteroatoms. The summed E-state index contributed by atoms with van der Waals surface area (Å²) in [6.07, 6.45) is 1.44. The molecule has 172 valence electrons. The standard InChI is InChI=1S/C27H31N3O3/c1-6-16(2)28-26(31)23-13-17(3)30(25-10-8-7-9-21(23)25)27(32)22-15-19-14-20(33-5)11-12-24(19)29-18(22)4/h7-12,14-17,23H,6,13H2,1-5H3,(H,28,31). The Kier molecular flexibility index (Phi) is 6.36. The highest BCUT2D eigenvalue weighted by molar-refractivity contribution is 6.10. The molecule has 3 unspecified atom stereocenters. The zero-order valence-corrected chi connectivity index (χ0v) is 19.9. The second-order valence-electron chi connectivity index (χ2n) is 8.87. The molecule has 0 fully saturated rings. The first kappa shape index (κ1) is 22.8. The lowest BCUT2D eigenvalue weighted by Crippen LogP contribution is -2.47. The molecule has 0 aliphatic carbocycles. The van der Waals surface area contributed by atoms with Crippen LogP contribution in [0.15, 0.2) is 48.5 Å². The number of carbonyl (C=O) groups is 2. The minimum Gasteiger partial charge on any atom is -0.497 e. The van der Waals surface area contributed by atoms with E-state index in [2.05, 4.69) is 17.2 Å². The molecule has 2 amide bonds. The van der Waals surface area contributed by atoms with Gasteiger partial charge in [0.2, 0.25) is 5.91 Å². The van der Waals surface area contributed by atoms with E-state index in [1.807, 2.05) is 74.2 Å². The topological polar surface area (TPSA) is 71.5 Å². The van der Waals surface area contributed by atoms with Crippen LogP contribution in [0.2, 0.25) is 0 Å². The Hall–Kier alpha value is -3.41. The highest BCUT2D eigenvalue weighted by Crippen LogP contribution is 2.39. The normalized spacial score (nSPS) is 18.5. The zero-order chi connectivity index (χ0) is 23.7. The van der Waals surface area contributed by atoms with E-state index in [9.17, 15) is 9.59 Å². The summed E-state index contributed by atoms with van der Waals surface area (Å²) in [6.45, 7) is 7.93. The van der Waals surface area contributed by atoms with Gasteiger partial charge in [0.1, 0.15) is 5.75 Å². The van der Waals surface area contributed by atoms with Crippen molar-refractivity contribution < 1.29 is 14.3 Å². The van der Waals surface area contributed by atoms with Gasteiger partial charge in [-0.15, -0.1) is 0 Å². The Morgan fingerprint density at radius 2 is 1.97 bits per heavy atom. The Morgan fingerprint density at radius 1 is 1.21 bits per heavy atom. The third-order valence-corrected chi connectivity index (χ3v) is 6.57. The molecule has 2 heterocycles. The number of ether oxygens (including phenoxy) is 1. The number of aromatic nitrogens is 1. The van der Waals surface area contributed by atoms with Crippen LogP contribution in [0.1, 0.15) is 61.1 Å². The molecule has 1 aromatic heterocycles. The predicted octanol–water partition coefficient (Wildman–Crippen LogP) is 4.99. The van der Waals surface area contributed by atoms with E-state index < -0.39 is 0 Å². The minimum absolute atomic E-state index is 0.0198. The van der Waals surface area contributed by atoms with E-state index in [0.717, 1.165) is 34.3 Å². The van der Waals surface area contributed by atoms with Gasteiger partial charge in [-0.25, -0.2) is 0 Å². The van der Waals surface area contributed by atoms with Gasteiger partial charge in [-0.05, 0) is 69.5 Å². The Labute approximate surface area is 195 Å². The van der Waals surface area contributed by atoms with Crippen molar-refractivity contribution in [2.24, 2.45) is 0 Å². The van der Waals surface area contributed by atoms with Crippen molar-refractivity contribution in [1.82, 2.24) is 10.3 Å². The maximum Gasteiger partial charge on any atom is 0.260 e. The van der Waals surface area contributed by atoms with Crippen molar-refractivity contribution in [2.75, 3.05) is 12.0 Å². The number of para-hydroxylation sites is 1. The van der Waals surface area contributed by atoms with Crippen LogP contribution in [0.4, 0.5) is 5.69 Å². The molecule has 0 saturated heterocycles. The van der Waals surface area contributed by atoms with Crippen LogP contribution in [0.3, 0.4) is 0 Å². The van der Waals surface area contributed by atoms with Crippen molar-refractivity contribution in [3.63, 3.8) is 0 Å². The number of nitrogens with zero attached hydrogens (tertiary/aromatic N) is 2. The second-order valence-corrected chi connectivity index (χ2v) is 8.87. The van der Waals surface area contributed by atoms with Crippen molar-refractivity contribution in [1.29, 1.82) is 0 Å². The van der Waals surface area contributed by atoms with Gasteiger partial charge < -0.3 is 15.0 Å². The fourth-order valence-electron chi connectivity index (χ4n) is 4.54. The van der Waals surface area contributed by atoms with E-state index in [0.29, 0.717) is 17.7 Å². The lowest BCUT2D eigenvalue weighted by atomic mass is 9.84. The monoisotopic (exact) mass is 445 g/mol. The third kappa shape index (κ3) is 4.30. The van der Waals surface area contributed by atoms with Crippen LogP contribution in [0.5, 0.6) is 5.75 Å². The first-order valence-electron chi connectivity index (χ1n) is 11.5. The Bertz CT molecular complexity index is 1210. The number of nitrogens with one attached hydrogen (secondary N) is 1. The molecule has 0 bridgehead atoms. The molecule has 3 atom stereocenters. The fourth-order valence-corrected chi connectivity index (χ4v) is 4.54. The maximum absolute atomic E-state index is 13.8. The largest absolute Gasteiger partial charge is 0.497 e. The number of fused-ring (bicyclic) bond motifs is 2. The summed E-state index contributed by atoms with van der Waals surface area (Å²) in [7, 11) is 1.62. The summed E-state index contributed by atoms with van der Waals surface area (Å²) in [5.74, 6) is 0.351. The molecular formula is C27H31N3O3. The van der Waals surface area contributed by atoms with Crippen molar-refractivity contribution in [2.45, 2.75) is 58.5 Å². The number of aryl methyl sites for hydroxylation is 1. The molecule has 1 aliphatic heterocycles. The predicted molar refractivity (Wildman–Crippen MR) is 131 cm³/mol. The minimum atomic E-state index is -0.283. The first-order chi connectivity index (χ1) is 15.8. The van der Waals surface area contributed by atoms with E-state index in [-0.39, 0.29) is 29.8 Å². The number of hydrogen-bond donors (Lipinski definition) is 1. The van der Waals surface area contributed by atoms with Gasteiger partial charge in [0.25, 0.3) is 5.91 Å².